The summed E-state index contributed by atoms with van der Waals surface area (Å²) in [7, 11) is 0. The third-order valence-corrected chi connectivity index (χ3v) is 6.57. The van der Waals surface area contributed by atoms with Crippen molar-refractivity contribution in [2.45, 2.75) is 50.6 Å². The van der Waals surface area contributed by atoms with Gasteiger partial charge in [0.2, 0.25) is 5.67 Å². The Balaban J connectivity index is 1.87. The number of H-pyrrole nitrogens is 1. The molecule has 1 fully saturated rings. The number of carbonyl (C=O) groups is 1. The molecule has 2 atom stereocenters. The monoisotopic (exact) mass is 441 g/mol. The first-order chi connectivity index (χ1) is 15.2. The molecule has 1 saturated carbocycles. The molecule has 0 bridgehead atoms. The van der Waals surface area contributed by atoms with Gasteiger partial charge in [0.1, 0.15) is 11.3 Å². The quantitative estimate of drug-likeness (QED) is 0.410. The van der Waals surface area contributed by atoms with Crippen molar-refractivity contribution < 1.29 is 23.1 Å². The number of hydrogen-bond acceptors (Lipinski definition) is 2. The molecule has 1 unspecified atom stereocenters. The Hall–Kier alpha value is -3.29. The highest BCUT2D eigenvalue weighted by atomic mass is 19.1. The van der Waals surface area contributed by atoms with Crippen LogP contribution in [0.5, 0.6) is 0 Å². The molecule has 2 heterocycles. The minimum atomic E-state index is -2.34. The average Bonchev–Trinajstić information content (AvgIpc) is 3.45. The van der Waals surface area contributed by atoms with E-state index in [9.17, 15) is 14.3 Å². The minimum Gasteiger partial charge on any atom is -0.479 e. The molecule has 1 aliphatic carbocycles. The lowest BCUT2D eigenvalue weighted by Gasteiger charge is -2.19. The SMILES string of the molecule is CC(C)c1c(C2CC[C@@](F)(C(=O)O)C2)c2c(F)c3[nH]ncc3cc2n1-c1ccc(F)cc1. The number of alkyl halides is 1. The number of benzene rings is 2. The summed E-state index contributed by atoms with van der Waals surface area (Å²) in [5.74, 6) is -2.92. The van der Waals surface area contributed by atoms with Crippen LogP contribution in [0.25, 0.3) is 27.5 Å². The first-order valence-corrected chi connectivity index (χ1v) is 10.6. The van der Waals surface area contributed by atoms with Crippen LogP contribution in [0.15, 0.2) is 36.5 Å². The van der Waals surface area contributed by atoms with Gasteiger partial charge in [-0.15, -0.1) is 0 Å². The van der Waals surface area contributed by atoms with E-state index in [0.29, 0.717) is 34.0 Å². The standard InChI is InChI=1S/C24H22F3N3O2/c1-12(2)22-18(13-7-8-24(27,10-13)23(31)32)19-17(9-14-11-28-29-21(14)20(19)26)30(22)16-5-3-15(25)4-6-16/h3-6,9,11-13H,7-8,10H2,1-2H3,(H,28,29)(H,31,32)/t13?,24-/m0/s1. The number of aromatic amines is 1. The highest BCUT2D eigenvalue weighted by Crippen LogP contribution is 2.50. The van der Waals surface area contributed by atoms with Crippen LogP contribution in [-0.4, -0.2) is 31.5 Å². The van der Waals surface area contributed by atoms with Crippen LogP contribution in [0.2, 0.25) is 0 Å². The molecule has 0 amide bonds. The summed E-state index contributed by atoms with van der Waals surface area (Å²) in [4.78, 5) is 11.5. The highest BCUT2D eigenvalue weighted by Gasteiger charge is 2.48. The van der Waals surface area contributed by atoms with Crippen molar-refractivity contribution in [1.82, 2.24) is 14.8 Å². The van der Waals surface area contributed by atoms with E-state index in [0.717, 1.165) is 5.69 Å². The molecule has 0 saturated heterocycles. The van der Waals surface area contributed by atoms with Gasteiger partial charge in [-0.3, -0.25) is 5.10 Å². The van der Waals surface area contributed by atoms with Crippen molar-refractivity contribution in [3.05, 3.63) is 59.4 Å². The molecule has 1 aliphatic rings. The van der Waals surface area contributed by atoms with Gasteiger partial charge in [-0.2, -0.15) is 5.10 Å². The minimum absolute atomic E-state index is 0.0854. The number of fused-ring (bicyclic) bond motifs is 2. The third-order valence-electron chi connectivity index (χ3n) is 6.57. The summed E-state index contributed by atoms with van der Waals surface area (Å²) >= 11 is 0. The zero-order valence-electron chi connectivity index (χ0n) is 17.6. The van der Waals surface area contributed by atoms with E-state index in [2.05, 4.69) is 10.2 Å². The summed E-state index contributed by atoms with van der Waals surface area (Å²) in [6.07, 6.45) is 1.49. The van der Waals surface area contributed by atoms with Crippen LogP contribution < -0.4 is 0 Å². The number of nitrogens with one attached hydrogen (secondary N) is 1. The van der Waals surface area contributed by atoms with Crippen molar-refractivity contribution in [1.29, 1.82) is 0 Å². The van der Waals surface area contributed by atoms with Crippen LogP contribution >= 0.6 is 0 Å². The fourth-order valence-electron chi connectivity index (χ4n) is 5.14. The van der Waals surface area contributed by atoms with E-state index in [1.54, 1.807) is 12.1 Å². The van der Waals surface area contributed by atoms with E-state index < -0.39 is 23.4 Å². The molecule has 0 aliphatic heterocycles. The van der Waals surface area contributed by atoms with Crippen LogP contribution in [0.4, 0.5) is 13.2 Å². The van der Waals surface area contributed by atoms with E-state index in [1.165, 1.54) is 18.3 Å². The number of hydrogen-bond donors (Lipinski definition) is 2. The topological polar surface area (TPSA) is 70.9 Å². The molecular formula is C24H22F3N3O2. The fourth-order valence-corrected chi connectivity index (χ4v) is 5.14. The smallest absolute Gasteiger partial charge is 0.341 e. The highest BCUT2D eigenvalue weighted by molar-refractivity contribution is 6.00. The first-order valence-electron chi connectivity index (χ1n) is 10.6. The zero-order valence-corrected chi connectivity index (χ0v) is 17.6. The summed E-state index contributed by atoms with van der Waals surface area (Å²) < 4.78 is 46.4. The van der Waals surface area contributed by atoms with Gasteiger partial charge in [-0.05, 0) is 67.0 Å². The molecule has 166 valence electrons. The van der Waals surface area contributed by atoms with Gasteiger partial charge in [0.15, 0.2) is 5.82 Å². The van der Waals surface area contributed by atoms with Crippen molar-refractivity contribution in [2.75, 3.05) is 0 Å². The molecule has 32 heavy (non-hydrogen) atoms. The zero-order chi connectivity index (χ0) is 22.8. The Morgan fingerprint density at radius 3 is 2.62 bits per heavy atom. The van der Waals surface area contributed by atoms with Crippen LogP contribution in [-0.2, 0) is 4.79 Å². The Labute approximate surface area is 181 Å². The van der Waals surface area contributed by atoms with Crippen LogP contribution in [0.3, 0.4) is 0 Å². The Morgan fingerprint density at radius 1 is 1.28 bits per heavy atom. The average molecular weight is 441 g/mol. The summed E-state index contributed by atoms with van der Waals surface area (Å²) in [6.45, 7) is 3.91. The van der Waals surface area contributed by atoms with E-state index in [-0.39, 0.29) is 30.1 Å². The molecule has 5 nitrogen and oxygen atoms in total. The molecule has 2 aromatic carbocycles. The lowest BCUT2D eigenvalue weighted by molar-refractivity contribution is -0.150. The molecule has 4 aromatic rings. The summed E-state index contributed by atoms with van der Waals surface area (Å²) in [6, 6.07) is 7.72. The normalized spacial score (nSPS) is 21.2. The number of aliphatic carboxylic acids is 1. The van der Waals surface area contributed by atoms with Crippen molar-refractivity contribution in [3.8, 4) is 5.69 Å². The summed E-state index contributed by atoms with van der Waals surface area (Å²) in [5.41, 5.74) is 0.510. The number of carboxylic acid groups (broad SMARTS) is 1. The number of rotatable bonds is 4. The molecule has 8 heteroatoms. The van der Waals surface area contributed by atoms with Gasteiger partial charge < -0.3 is 9.67 Å². The second-order valence-electron chi connectivity index (χ2n) is 8.89. The predicted molar refractivity (Wildman–Crippen MR) is 115 cm³/mol. The number of aromatic nitrogens is 3. The van der Waals surface area contributed by atoms with E-state index >= 15 is 8.78 Å². The van der Waals surface area contributed by atoms with E-state index in [4.69, 9.17) is 0 Å². The maximum Gasteiger partial charge on any atom is 0.341 e. The van der Waals surface area contributed by atoms with Gasteiger partial charge in [0, 0.05) is 22.2 Å². The lowest BCUT2D eigenvalue weighted by atomic mass is 9.89. The Morgan fingerprint density at radius 2 is 2.00 bits per heavy atom. The van der Waals surface area contributed by atoms with Crippen molar-refractivity contribution in [2.24, 2.45) is 0 Å². The number of carboxylic acids is 1. The van der Waals surface area contributed by atoms with Crippen molar-refractivity contribution in [3.63, 3.8) is 0 Å². The molecule has 0 radical (unpaired) electrons. The van der Waals surface area contributed by atoms with Crippen LogP contribution in [0.1, 0.15) is 56.2 Å². The third kappa shape index (κ3) is 2.92. The summed E-state index contributed by atoms with van der Waals surface area (Å²) in [5, 5.41) is 16.9. The van der Waals surface area contributed by atoms with Crippen molar-refractivity contribution >= 4 is 27.8 Å². The first kappa shape index (κ1) is 20.6. The molecule has 2 aromatic heterocycles. The lowest BCUT2D eigenvalue weighted by Crippen LogP contribution is -2.30. The maximum absolute atomic E-state index is 15.8. The largest absolute Gasteiger partial charge is 0.479 e. The van der Waals surface area contributed by atoms with Gasteiger partial charge >= 0.3 is 5.97 Å². The van der Waals surface area contributed by atoms with Gasteiger partial charge in [-0.1, -0.05) is 13.8 Å². The maximum atomic E-state index is 15.8. The van der Waals surface area contributed by atoms with Gasteiger partial charge in [0.25, 0.3) is 0 Å². The Bertz CT molecular complexity index is 1360. The second kappa shape index (κ2) is 7.12. The molecule has 5 rings (SSSR count). The fraction of sp³-hybridized carbons (Fsp3) is 0.333. The molecule has 0 spiro atoms. The van der Waals surface area contributed by atoms with Crippen LogP contribution in [0, 0.1) is 11.6 Å². The second-order valence-corrected chi connectivity index (χ2v) is 8.89. The van der Waals surface area contributed by atoms with E-state index in [1.807, 2.05) is 24.5 Å². The van der Waals surface area contributed by atoms with Gasteiger partial charge in [0.05, 0.1) is 11.7 Å². The Kier molecular flexibility index (Phi) is 4.58. The number of halogens is 3. The predicted octanol–water partition coefficient (Wildman–Crippen LogP) is 5.97. The molecule has 2 N–H and O–H groups in total. The van der Waals surface area contributed by atoms with Gasteiger partial charge in [-0.25, -0.2) is 18.0 Å². The molecular weight excluding hydrogens is 419 g/mol. The number of nitrogens with zero attached hydrogens (tertiary/aromatic N) is 2.